The van der Waals surface area contributed by atoms with Crippen LogP contribution in [0.4, 0.5) is 0 Å². The van der Waals surface area contributed by atoms with E-state index in [9.17, 15) is 0 Å². The van der Waals surface area contributed by atoms with E-state index < -0.39 is 0 Å². The van der Waals surface area contributed by atoms with Crippen molar-refractivity contribution in [2.24, 2.45) is 0 Å². The Kier molecular flexibility index (Phi) is 3.99. The van der Waals surface area contributed by atoms with E-state index >= 15 is 0 Å². The summed E-state index contributed by atoms with van der Waals surface area (Å²) >= 11 is 5.37. The number of H-pyrrole nitrogens is 1. The largest absolute Gasteiger partial charge is 0.376 e. The zero-order chi connectivity index (χ0) is 13.1. The Balaban J connectivity index is 1.65. The summed E-state index contributed by atoms with van der Waals surface area (Å²) in [6, 6.07) is 8.23. The van der Waals surface area contributed by atoms with Crippen LogP contribution < -0.4 is 0 Å². The molecule has 0 amide bonds. The number of ether oxygens (including phenoxy) is 1. The lowest BCUT2D eigenvalue weighted by atomic mass is 9.98. The zero-order valence-electron chi connectivity index (χ0n) is 11.1. The number of hydrogen-bond donors (Lipinski definition) is 1. The molecule has 1 N–H and O–H groups in total. The van der Waals surface area contributed by atoms with Crippen LogP contribution in [-0.4, -0.2) is 22.3 Å². The van der Waals surface area contributed by atoms with Crippen molar-refractivity contribution in [3.63, 3.8) is 0 Å². The molecule has 4 heteroatoms. The molecule has 0 unspecified atom stereocenters. The van der Waals surface area contributed by atoms with Gasteiger partial charge in [-0.3, -0.25) is 0 Å². The van der Waals surface area contributed by atoms with Gasteiger partial charge in [-0.25, -0.2) is 0 Å². The number of aromatic amines is 1. The normalized spacial score (nSPS) is 17.1. The maximum atomic E-state index is 5.98. The second-order valence-corrected chi connectivity index (χ2v) is 5.62. The van der Waals surface area contributed by atoms with Crippen molar-refractivity contribution in [1.29, 1.82) is 0 Å². The molecule has 0 aliphatic heterocycles. The highest BCUT2D eigenvalue weighted by molar-refractivity contribution is 7.71. The van der Waals surface area contributed by atoms with Crippen molar-refractivity contribution in [2.75, 3.05) is 6.61 Å². The summed E-state index contributed by atoms with van der Waals surface area (Å²) in [6.07, 6.45) is 6.91. The van der Waals surface area contributed by atoms with Crippen LogP contribution in [0.2, 0.25) is 0 Å². The van der Waals surface area contributed by atoms with Crippen LogP contribution in [0.1, 0.15) is 32.1 Å². The number of imidazole rings is 1. The maximum Gasteiger partial charge on any atom is 0.178 e. The predicted molar refractivity (Wildman–Crippen MR) is 79.9 cm³/mol. The third kappa shape index (κ3) is 2.90. The Morgan fingerprint density at radius 1 is 1.21 bits per heavy atom. The SMILES string of the molecule is S=c1[nH]c2ccccc2n1CCOC1CCCCC1. The van der Waals surface area contributed by atoms with Crippen LogP contribution in [0.25, 0.3) is 11.0 Å². The molecule has 1 heterocycles. The fourth-order valence-electron chi connectivity index (χ4n) is 2.87. The fraction of sp³-hybridized carbons (Fsp3) is 0.533. The van der Waals surface area contributed by atoms with Gasteiger partial charge in [-0.15, -0.1) is 0 Å². The molecule has 3 nitrogen and oxygen atoms in total. The second-order valence-electron chi connectivity index (χ2n) is 5.23. The van der Waals surface area contributed by atoms with Crippen LogP contribution in [0.15, 0.2) is 24.3 Å². The summed E-state index contributed by atoms with van der Waals surface area (Å²) in [5.74, 6) is 0. The molecule has 0 saturated heterocycles. The first-order valence-corrected chi connectivity index (χ1v) is 7.54. The van der Waals surface area contributed by atoms with Gasteiger partial charge in [0, 0.05) is 6.54 Å². The van der Waals surface area contributed by atoms with Gasteiger partial charge in [-0.1, -0.05) is 31.4 Å². The van der Waals surface area contributed by atoms with Gasteiger partial charge in [0.1, 0.15) is 0 Å². The molecule has 0 radical (unpaired) electrons. The zero-order valence-corrected chi connectivity index (χ0v) is 11.9. The molecule has 1 aromatic heterocycles. The minimum atomic E-state index is 0.466. The average molecular weight is 276 g/mol. The van der Waals surface area contributed by atoms with Crippen LogP contribution in [0, 0.1) is 4.77 Å². The van der Waals surface area contributed by atoms with Gasteiger partial charge < -0.3 is 14.3 Å². The lowest BCUT2D eigenvalue weighted by molar-refractivity contribution is 0.0243. The molecule has 2 aromatic rings. The van der Waals surface area contributed by atoms with Gasteiger partial charge in [0.2, 0.25) is 0 Å². The fourth-order valence-corrected chi connectivity index (χ4v) is 3.17. The topological polar surface area (TPSA) is 29.9 Å². The third-order valence-electron chi connectivity index (χ3n) is 3.90. The van der Waals surface area contributed by atoms with Gasteiger partial charge in [0.15, 0.2) is 4.77 Å². The van der Waals surface area contributed by atoms with Crippen molar-refractivity contribution in [3.8, 4) is 0 Å². The minimum Gasteiger partial charge on any atom is -0.376 e. The van der Waals surface area contributed by atoms with E-state index in [1.54, 1.807) is 0 Å². The molecular formula is C15H20N2OS. The second kappa shape index (κ2) is 5.88. The Bertz CT molecular complexity index is 595. The molecule has 1 aromatic carbocycles. The van der Waals surface area contributed by atoms with Crippen molar-refractivity contribution in [1.82, 2.24) is 9.55 Å². The van der Waals surface area contributed by atoms with E-state index in [4.69, 9.17) is 17.0 Å². The summed E-state index contributed by atoms with van der Waals surface area (Å²) in [5, 5.41) is 0. The van der Waals surface area contributed by atoms with Crippen molar-refractivity contribution >= 4 is 23.3 Å². The molecule has 0 atom stereocenters. The number of benzene rings is 1. The number of fused-ring (bicyclic) bond motifs is 1. The van der Waals surface area contributed by atoms with Crippen molar-refractivity contribution in [2.45, 2.75) is 44.8 Å². The van der Waals surface area contributed by atoms with Gasteiger partial charge in [-0.2, -0.15) is 0 Å². The third-order valence-corrected chi connectivity index (χ3v) is 4.22. The first-order chi connectivity index (χ1) is 9.34. The standard InChI is InChI=1S/C15H20N2OS/c19-15-16-13-8-4-5-9-14(13)17(15)10-11-18-12-6-2-1-3-7-12/h4-5,8-9,12H,1-3,6-7,10-11H2,(H,16,19). The number of nitrogens with one attached hydrogen (secondary N) is 1. The van der Waals surface area contributed by atoms with Gasteiger partial charge in [-0.05, 0) is 37.2 Å². The number of para-hydroxylation sites is 2. The van der Waals surface area contributed by atoms with Crippen LogP contribution in [0.5, 0.6) is 0 Å². The Labute approximate surface area is 118 Å². The molecule has 1 aliphatic rings. The highest BCUT2D eigenvalue weighted by Crippen LogP contribution is 2.20. The summed E-state index contributed by atoms with van der Waals surface area (Å²) in [5.41, 5.74) is 2.27. The van der Waals surface area contributed by atoms with E-state index in [2.05, 4.69) is 21.7 Å². The average Bonchev–Trinajstić information content (AvgIpc) is 2.76. The number of rotatable bonds is 4. The van der Waals surface area contributed by atoms with Crippen LogP contribution >= 0.6 is 12.2 Å². The Hall–Kier alpha value is -1.13. The molecule has 1 saturated carbocycles. The van der Waals surface area contributed by atoms with Crippen LogP contribution in [0.3, 0.4) is 0 Å². The maximum absolute atomic E-state index is 5.98. The number of hydrogen-bond acceptors (Lipinski definition) is 2. The molecular weight excluding hydrogens is 256 g/mol. The lowest BCUT2D eigenvalue weighted by Crippen LogP contribution is -2.19. The summed E-state index contributed by atoms with van der Waals surface area (Å²) in [4.78, 5) is 3.24. The molecule has 102 valence electrons. The molecule has 0 spiro atoms. The Morgan fingerprint density at radius 3 is 2.84 bits per heavy atom. The smallest absolute Gasteiger partial charge is 0.178 e. The Morgan fingerprint density at radius 2 is 2.00 bits per heavy atom. The summed E-state index contributed by atoms with van der Waals surface area (Å²) < 4.78 is 8.90. The molecule has 1 fully saturated rings. The highest BCUT2D eigenvalue weighted by Gasteiger charge is 2.13. The van der Waals surface area contributed by atoms with Crippen LogP contribution in [-0.2, 0) is 11.3 Å². The van der Waals surface area contributed by atoms with Crippen molar-refractivity contribution in [3.05, 3.63) is 29.0 Å². The molecule has 0 bridgehead atoms. The highest BCUT2D eigenvalue weighted by atomic mass is 32.1. The first kappa shape index (κ1) is 12.9. The monoisotopic (exact) mass is 276 g/mol. The summed E-state index contributed by atoms with van der Waals surface area (Å²) in [7, 11) is 0. The first-order valence-electron chi connectivity index (χ1n) is 7.14. The minimum absolute atomic E-state index is 0.466. The van der Waals surface area contributed by atoms with E-state index in [0.717, 1.165) is 23.4 Å². The number of aromatic nitrogens is 2. The van der Waals surface area contributed by atoms with Crippen molar-refractivity contribution < 1.29 is 4.74 Å². The summed E-state index contributed by atoms with van der Waals surface area (Å²) in [6.45, 7) is 1.58. The molecule has 1 aliphatic carbocycles. The van der Waals surface area contributed by atoms with E-state index in [1.165, 1.54) is 37.6 Å². The van der Waals surface area contributed by atoms with Gasteiger partial charge in [0.25, 0.3) is 0 Å². The van der Waals surface area contributed by atoms with E-state index in [0.29, 0.717) is 6.10 Å². The predicted octanol–water partition coefficient (Wildman–Crippen LogP) is 4.05. The number of nitrogens with zero attached hydrogens (tertiary/aromatic N) is 1. The van der Waals surface area contributed by atoms with E-state index in [-0.39, 0.29) is 0 Å². The quantitative estimate of drug-likeness (QED) is 0.854. The lowest BCUT2D eigenvalue weighted by Gasteiger charge is -2.22. The molecule has 3 rings (SSSR count). The van der Waals surface area contributed by atoms with Gasteiger partial charge in [0.05, 0.1) is 23.7 Å². The molecule has 19 heavy (non-hydrogen) atoms. The van der Waals surface area contributed by atoms with E-state index in [1.807, 2.05) is 12.1 Å². The van der Waals surface area contributed by atoms with Gasteiger partial charge >= 0.3 is 0 Å².